The molecule has 0 unspecified atom stereocenters. The Morgan fingerprint density at radius 1 is 1.15 bits per heavy atom. The van der Waals surface area contributed by atoms with Gasteiger partial charge >= 0.3 is 0 Å². The third-order valence-corrected chi connectivity index (χ3v) is 4.64. The maximum Gasteiger partial charge on any atom is 0.261 e. The summed E-state index contributed by atoms with van der Waals surface area (Å²) in [6.45, 7) is 8.72. The minimum absolute atomic E-state index is 0.116. The topological polar surface area (TPSA) is 50.8 Å². The molecular formula is C22H28N2O3. The van der Waals surface area contributed by atoms with Gasteiger partial charge in [0.15, 0.2) is 6.10 Å². The van der Waals surface area contributed by atoms with E-state index in [1.807, 2.05) is 43.3 Å². The Balaban J connectivity index is 1.49. The van der Waals surface area contributed by atoms with E-state index in [1.54, 1.807) is 6.92 Å². The first kappa shape index (κ1) is 19.4. The number of aryl methyl sites for hydroxylation is 1. The van der Waals surface area contributed by atoms with Crippen LogP contribution in [0.25, 0.3) is 0 Å². The largest absolute Gasteiger partial charge is 0.481 e. The molecule has 0 bridgehead atoms. The van der Waals surface area contributed by atoms with Crippen molar-refractivity contribution in [3.8, 4) is 5.75 Å². The number of morpholine rings is 1. The van der Waals surface area contributed by atoms with Crippen molar-refractivity contribution >= 4 is 5.91 Å². The third kappa shape index (κ3) is 6.08. The Morgan fingerprint density at radius 2 is 1.89 bits per heavy atom. The number of carbonyl (C=O) groups excluding carboxylic acids is 1. The minimum atomic E-state index is -0.539. The molecule has 0 spiro atoms. The Labute approximate surface area is 161 Å². The Hall–Kier alpha value is -2.37. The van der Waals surface area contributed by atoms with Crippen molar-refractivity contribution in [2.75, 3.05) is 26.3 Å². The maximum absolute atomic E-state index is 12.3. The van der Waals surface area contributed by atoms with Crippen molar-refractivity contribution in [3.05, 3.63) is 65.2 Å². The Morgan fingerprint density at radius 3 is 2.67 bits per heavy atom. The normalized spacial score (nSPS) is 15.9. The maximum atomic E-state index is 12.3. The predicted molar refractivity (Wildman–Crippen MR) is 106 cm³/mol. The van der Waals surface area contributed by atoms with Gasteiger partial charge in [0.25, 0.3) is 5.91 Å². The summed E-state index contributed by atoms with van der Waals surface area (Å²) in [7, 11) is 0. The van der Waals surface area contributed by atoms with Gasteiger partial charge in [-0.2, -0.15) is 0 Å². The van der Waals surface area contributed by atoms with E-state index < -0.39 is 6.10 Å². The standard InChI is InChI=1S/C22H28N2O3/c1-17-5-3-8-21(13-17)27-18(2)22(25)23-15-19-6-4-7-20(14-19)16-24-9-11-26-12-10-24/h3-8,13-14,18H,9-12,15-16H2,1-2H3,(H,23,25)/t18-/m0/s1. The van der Waals surface area contributed by atoms with Crippen LogP contribution in [-0.4, -0.2) is 43.2 Å². The summed E-state index contributed by atoms with van der Waals surface area (Å²) in [5.74, 6) is 0.597. The molecule has 144 valence electrons. The number of rotatable bonds is 7. The summed E-state index contributed by atoms with van der Waals surface area (Å²) in [4.78, 5) is 14.7. The monoisotopic (exact) mass is 368 g/mol. The highest BCUT2D eigenvalue weighted by atomic mass is 16.5. The van der Waals surface area contributed by atoms with Gasteiger partial charge in [-0.15, -0.1) is 0 Å². The molecule has 0 saturated carbocycles. The average Bonchev–Trinajstić information content (AvgIpc) is 2.67. The SMILES string of the molecule is Cc1cccc(O[C@@H](C)C(=O)NCc2cccc(CN3CCOCC3)c2)c1. The first-order valence-corrected chi connectivity index (χ1v) is 9.49. The second kappa shape index (κ2) is 9.53. The molecule has 1 fully saturated rings. The number of carbonyl (C=O) groups is 1. The van der Waals surface area contributed by atoms with Gasteiger partial charge in [0.05, 0.1) is 13.2 Å². The van der Waals surface area contributed by atoms with Gasteiger partial charge in [0, 0.05) is 26.2 Å². The molecule has 0 aromatic heterocycles. The molecule has 5 heteroatoms. The summed E-state index contributed by atoms with van der Waals surface area (Å²) in [5, 5.41) is 2.97. The van der Waals surface area contributed by atoms with Crippen molar-refractivity contribution in [1.82, 2.24) is 10.2 Å². The van der Waals surface area contributed by atoms with Crippen LogP contribution in [0.15, 0.2) is 48.5 Å². The van der Waals surface area contributed by atoms with Gasteiger partial charge in [-0.3, -0.25) is 9.69 Å². The van der Waals surface area contributed by atoms with Gasteiger partial charge in [-0.1, -0.05) is 36.4 Å². The van der Waals surface area contributed by atoms with Crippen LogP contribution in [0, 0.1) is 6.92 Å². The molecule has 5 nitrogen and oxygen atoms in total. The van der Waals surface area contributed by atoms with Crippen molar-refractivity contribution in [1.29, 1.82) is 0 Å². The van der Waals surface area contributed by atoms with Crippen LogP contribution < -0.4 is 10.1 Å². The van der Waals surface area contributed by atoms with Crippen molar-refractivity contribution in [2.45, 2.75) is 33.0 Å². The minimum Gasteiger partial charge on any atom is -0.481 e. The number of benzene rings is 2. The van der Waals surface area contributed by atoms with Gasteiger partial charge in [0.1, 0.15) is 5.75 Å². The van der Waals surface area contributed by atoms with Gasteiger partial charge in [-0.05, 0) is 42.7 Å². The van der Waals surface area contributed by atoms with Crippen LogP contribution >= 0.6 is 0 Å². The Bertz CT molecular complexity index is 757. The quantitative estimate of drug-likeness (QED) is 0.816. The van der Waals surface area contributed by atoms with Gasteiger partial charge < -0.3 is 14.8 Å². The smallest absolute Gasteiger partial charge is 0.261 e. The van der Waals surface area contributed by atoms with E-state index >= 15 is 0 Å². The number of hydrogen-bond donors (Lipinski definition) is 1. The number of nitrogens with one attached hydrogen (secondary N) is 1. The zero-order chi connectivity index (χ0) is 19.1. The van der Waals surface area contributed by atoms with E-state index in [9.17, 15) is 4.79 Å². The zero-order valence-electron chi connectivity index (χ0n) is 16.1. The van der Waals surface area contributed by atoms with Crippen LogP contribution in [0.1, 0.15) is 23.6 Å². The molecule has 27 heavy (non-hydrogen) atoms. The fourth-order valence-corrected chi connectivity index (χ4v) is 3.13. The summed E-state index contributed by atoms with van der Waals surface area (Å²) in [6.07, 6.45) is -0.539. The molecule has 3 rings (SSSR count). The number of nitrogens with zero attached hydrogens (tertiary/aromatic N) is 1. The molecule has 1 saturated heterocycles. The van der Waals surface area contributed by atoms with Gasteiger partial charge in [-0.25, -0.2) is 0 Å². The van der Waals surface area contributed by atoms with Crippen molar-refractivity contribution < 1.29 is 14.3 Å². The second-order valence-corrected chi connectivity index (χ2v) is 7.00. The molecule has 1 N–H and O–H groups in total. The van der Waals surface area contributed by atoms with Crippen LogP contribution in [0.5, 0.6) is 5.75 Å². The van der Waals surface area contributed by atoms with Crippen LogP contribution in [0.4, 0.5) is 0 Å². The van der Waals surface area contributed by atoms with Gasteiger partial charge in [0.2, 0.25) is 0 Å². The summed E-state index contributed by atoms with van der Waals surface area (Å²) in [5.41, 5.74) is 3.46. The molecule has 2 aromatic carbocycles. The number of amides is 1. The zero-order valence-corrected chi connectivity index (χ0v) is 16.1. The van der Waals surface area contributed by atoms with Crippen molar-refractivity contribution in [2.24, 2.45) is 0 Å². The van der Waals surface area contributed by atoms with E-state index in [-0.39, 0.29) is 5.91 Å². The highest BCUT2D eigenvalue weighted by molar-refractivity contribution is 5.80. The first-order chi connectivity index (χ1) is 13.1. The fourth-order valence-electron chi connectivity index (χ4n) is 3.13. The molecule has 0 aliphatic carbocycles. The molecule has 1 heterocycles. The molecule has 2 aromatic rings. The predicted octanol–water partition coefficient (Wildman–Crippen LogP) is 2.91. The molecule has 1 amide bonds. The highest BCUT2D eigenvalue weighted by Crippen LogP contribution is 2.14. The lowest BCUT2D eigenvalue weighted by Crippen LogP contribution is -2.36. The fraction of sp³-hybridized carbons (Fsp3) is 0.409. The van der Waals surface area contributed by atoms with Crippen LogP contribution in [-0.2, 0) is 22.6 Å². The number of hydrogen-bond acceptors (Lipinski definition) is 4. The lowest BCUT2D eigenvalue weighted by Gasteiger charge is -2.26. The molecular weight excluding hydrogens is 340 g/mol. The van der Waals surface area contributed by atoms with Crippen LogP contribution in [0.2, 0.25) is 0 Å². The lowest BCUT2D eigenvalue weighted by molar-refractivity contribution is -0.127. The van der Waals surface area contributed by atoms with Crippen LogP contribution in [0.3, 0.4) is 0 Å². The van der Waals surface area contributed by atoms with E-state index in [1.165, 1.54) is 5.56 Å². The van der Waals surface area contributed by atoms with E-state index in [4.69, 9.17) is 9.47 Å². The summed E-state index contributed by atoms with van der Waals surface area (Å²) < 4.78 is 11.1. The van der Waals surface area contributed by atoms with E-state index in [2.05, 4.69) is 22.3 Å². The second-order valence-electron chi connectivity index (χ2n) is 7.00. The molecule has 0 radical (unpaired) electrons. The molecule has 1 aliphatic rings. The third-order valence-electron chi connectivity index (χ3n) is 4.64. The summed E-state index contributed by atoms with van der Waals surface area (Å²) >= 11 is 0. The molecule has 1 atom stereocenters. The average molecular weight is 368 g/mol. The first-order valence-electron chi connectivity index (χ1n) is 9.49. The lowest BCUT2D eigenvalue weighted by atomic mass is 10.1. The number of ether oxygens (including phenoxy) is 2. The summed E-state index contributed by atoms with van der Waals surface area (Å²) in [6, 6.07) is 16.1. The Kier molecular flexibility index (Phi) is 6.85. The van der Waals surface area contributed by atoms with E-state index in [0.29, 0.717) is 12.3 Å². The van der Waals surface area contributed by atoms with Crippen molar-refractivity contribution in [3.63, 3.8) is 0 Å². The van der Waals surface area contributed by atoms with E-state index in [0.717, 1.165) is 44.0 Å². The molecule has 1 aliphatic heterocycles. The highest BCUT2D eigenvalue weighted by Gasteiger charge is 2.15.